The molecule has 1 aromatic heterocycles. The van der Waals surface area contributed by atoms with Crippen molar-refractivity contribution in [2.75, 3.05) is 6.54 Å². The van der Waals surface area contributed by atoms with Crippen LogP contribution in [0.1, 0.15) is 26.3 Å². The highest BCUT2D eigenvalue weighted by Gasteiger charge is 2.43. The Morgan fingerprint density at radius 3 is 2.59 bits per heavy atom. The van der Waals surface area contributed by atoms with Crippen molar-refractivity contribution in [3.63, 3.8) is 0 Å². The molecule has 0 unspecified atom stereocenters. The van der Waals surface area contributed by atoms with Gasteiger partial charge in [0.2, 0.25) is 5.06 Å². The lowest BCUT2D eigenvalue weighted by Gasteiger charge is -2.29. The van der Waals surface area contributed by atoms with Crippen LogP contribution in [-0.4, -0.2) is 56.6 Å². The molecule has 3 rings (SSSR count). The fraction of sp³-hybridized carbons (Fsp3) is 0.474. The number of carbonyl (C=O) groups excluding carboxylic acids is 1. The molecule has 3 atom stereocenters. The second kappa shape index (κ2) is 7.84. The first-order valence-corrected chi connectivity index (χ1v) is 9.62. The zero-order valence-corrected chi connectivity index (χ0v) is 16.3. The van der Waals surface area contributed by atoms with Gasteiger partial charge in [0.15, 0.2) is 0 Å². The number of aliphatic hydroxyl groups excluding tert-OH is 2. The van der Waals surface area contributed by atoms with Crippen LogP contribution in [0.4, 0.5) is 4.79 Å². The van der Waals surface area contributed by atoms with Crippen LogP contribution < -0.4 is 4.74 Å². The monoisotopic (exact) mass is 392 g/mol. The van der Waals surface area contributed by atoms with E-state index in [-0.39, 0.29) is 6.54 Å². The Morgan fingerprint density at radius 2 is 2.00 bits per heavy atom. The van der Waals surface area contributed by atoms with Crippen molar-refractivity contribution in [3.05, 3.63) is 41.5 Å². The Labute approximate surface area is 162 Å². The molecule has 1 amide bonds. The lowest BCUT2D eigenvalue weighted by molar-refractivity contribution is 0.0139. The van der Waals surface area contributed by atoms with Crippen molar-refractivity contribution in [2.45, 2.75) is 51.0 Å². The molecule has 0 bridgehead atoms. The summed E-state index contributed by atoms with van der Waals surface area (Å²) in [4.78, 5) is 17.8. The summed E-state index contributed by atoms with van der Waals surface area (Å²) >= 11 is 1.40. The number of β-amino-alcohol motifs (C(OH)–C–C–N with tert-alkyl or cyclic N) is 1. The van der Waals surface area contributed by atoms with Gasteiger partial charge in [-0.2, -0.15) is 0 Å². The van der Waals surface area contributed by atoms with Crippen LogP contribution in [0.25, 0.3) is 0 Å². The Balaban J connectivity index is 1.68. The van der Waals surface area contributed by atoms with Crippen molar-refractivity contribution < 1.29 is 24.5 Å². The zero-order valence-electron chi connectivity index (χ0n) is 15.5. The van der Waals surface area contributed by atoms with E-state index in [2.05, 4.69) is 4.98 Å². The van der Waals surface area contributed by atoms with E-state index in [0.29, 0.717) is 17.2 Å². The number of benzene rings is 1. The summed E-state index contributed by atoms with van der Waals surface area (Å²) in [6.45, 7) is 5.40. The van der Waals surface area contributed by atoms with Gasteiger partial charge in [0.05, 0.1) is 30.4 Å². The van der Waals surface area contributed by atoms with Crippen LogP contribution in [0.15, 0.2) is 36.0 Å². The van der Waals surface area contributed by atoms with Gasteiger partial charge in [-0.15, -0.1) is 0 Å². The van der Waals surface area contributed by atoms with E-state index in [1.54, 1.807) is 32.5 Å². The molecule has 8 heteroatoms. The maximum absolute atomic E-state index is 12.4. The number of carbonyl (C=O) groups is 1. The summed E-state index contributed by atoms with van der Waals surface area (Å²) < 4.78 is 11.1. The molecule has 2 heterocycles. The summed E-state index contributed by atoms with van der Waals surface area (Å²) in [6.07, 6.45) is -0.498. The number of thiazole rings is 1. The molecule has 27 heavy (non-hydrogen) atoms. The largest absolute Gasteiger partial charge is 0.445 e. The molecule has 1 saturated heterocycles. The minimum Gasteiger partial charge on any atom is -0.445 e. The molecule has 1 aliphatic heterocycles. The average molecular weight is 392 g/mol. The number of nitrogens with zero attached hydrogens (tertiary/aromatic N) is 2. The second-order valence-corrected chi connectivity index (χ2v) is 8.38. The van der Waals surface area contributed by atoms with Gasteiger partial charge in [-0.3, -0.25) is 4.90 Å². The molecular weight excluding hydrogens is 368 g/mol. The molecule has 0 aliphatic carbocycles. The van der Waals surface area contributed by atoms with Crippen molar-refractivity contribution in [2.24, 2.45) is 0 Å². The molecule has 7 nitrogen and oxygen atoms in total. The van der Waals surface area contributed by atoms with Gasteiger partial charge in [-0.05, 0) is 44.9 Å². The summed E-state index contributed by atoms with van der Waals surface area (Å²) in [7, 11) is 0. The van der Waals surface area contributed by atoms with Gasteiger partial charge in [0.25, 0.3) is 0 Å². The van der Waals surface area contributed by atoms with Crippen molar-refractivity contribution in [3.8, 4) is 10.8 Å². The molecule has 0 radical (unpaired) electrons. The van der Waals surface area contributed by atoms with Crippen molar-refractivity contribution >= 4 is 17.4 Å². The van der Waals surface area contributed by atoms with Gasteiger partial charge in [0, 0.05) is 0 Å². The first-order valence-electron chi connectivity index (χ1n) is 8.74. The normalized spacial score (nSPS) is 22.7. The molecule has 1 aromatic carbocycles. The van der Waals surface area contributed by atoms with E-state index < -0.39 is 29.9 Å². The molecule has 2 N–H and O–H groups in total. The van der Waals surface area contributed by atoms with Crippen LogP contribution in [0, 0.1) is 0 Å². The fourth-order valence-electron chi connectivity index (χ4n) is 2.95. The topological polar surface area (TPSA) is 92.1 Å². The number of hydrogen-bond acceptors (Lipinski definition) is 7. The lowest BCUT2D eigenvalue weighted by atomic mass is 10.0. The van der Waals surface area contributed by atoms with E-state index in [4.69, 9.17) is 9.47 Å². The molecule has 146 valence electrons. The third kappa shape index (κ3) is 4.97. The van der Waals surface area contributed by atoms with E-state index in [1.165, 1.54) is 16.2 Å². The number of ether oxygens (including phenoxy) is 2. The second-order valence-electron chi connectivity index (χ2n) is 7.53. The molecule has 1 aliphatic rings. The molecule has 0 saturated carbocycles. The van der Waals surface area contributed by atoms with Crippen LogP contribution in [0.2, 0.25) is 0 Å². The highest BCUT2D eigenvalue weighted by molar-refractivity contribution is 7.11. The third-order valence-corrected chi connectivity index (χ3v) is 4.85. The maximum atomic E-state index is 12.4. The summed E-state index contributed by atoms with van der Waals surface area (Å²) in [5, 5.41) is 21.1. The third-order valence-electron chi connectivity index (χ3n) is 4.20. The quantitative estimate of drug-likeness (QED) is 0.831. The number of aromatic nitrogens is 1. The van der Waals surface area contributed by atoms with Crippen LogP contribution in [0.5, 0.6) is 10.8 Å². The Morgan fingerprint density at radius 1 is 1.30 bits per heavy atom. The lowest BCUT2D eigenvalue weighted by Crippen LogP contribution is -2.43. The predicted octanol–water partition coefficient (Wildman–Crippen LogP) is 2.82. The van der Waals surface area contributed by atoms with Crippen LogP contribution in [-0.2, 0) is 11.2 Å². The summed E-state index contributed by atoms with van der Waals surface area (Å²) in [6, 6.07) is 6.85. The summed E-state index contributed by atoms with van der Waals surface area (Å²) in [5.41, 5.74) is 1.97. The van der Waals surface area contributed by atoms with Crippen molar-refractivity contribution in [1.82, 2.24) is 9.88 Å². The fourth-order valence-corrected chi connectivity index (χ4v) is 3.44. The van der Waals surface area contributed by atoms with Gasteiger partial charge < -0.3 is 19.7 Å². The minimum atomic E-state index is -1.02. The maximum Gasteiger partial charge on any atom is 0.410 e. The van der Waals surface area contributed by atoms with Crippen LogP contribution >= 0.6 is 11.3 Å². The van der Waals surface area contributed by atoms with Crippen molar-refractivity contribution in [1.29, 1.82) is 0 Å². The Bertz CT molecular complexity index is 757. The smallest absolute Gasteiger partial charge is 0.410 e. The van der Waals surface area contributed by atoms with E-state index in [9.17, 15) is 15.0 Å². The number of amides is 1. The highest BCUT2D eigenvalue weighted by atomic mass is 32.1. The highest BCUT2D eigenvalue weighted by Crippen LogP contribution is 2.27. The molecular formula is C19H24N2O5S. The predicted molar refractivity (Wildman–Crippen MR) is 101 cm³/mol. The minimum absolute atomic E-state index is 0.0489. The standard InChI is InChI=1S/C19H24N2O5S/c1-19(2,3)26-18(24)21-10-15(22)17(23)14(21)8-12-4-6-13(7-5-12)25-16-9-20-11-27-16/h4-7,9,11,14-15,17,22-23H,8,10H2,1-3H3/t14-,15+,17+/m1/s1. The number of hydrogen-bond donors (Lipinski definition) is 2. The van der Waals surface area contributed by atoms with E-state index in [0.717, 1.165) is 5.56 Å². The molecule has 0 spiro atoms. The number of aliphatic hydroxyl groups is 2. The number of likely N-dealkylation sites (tertiary alicyclic amines) is 1. The first-order chi connectivity index (χ1) is 12.7. The average Bonchev–Trinajstić information content (AvgIpc) is 3.18. The number of rotatable bonds is 4. The van der Waals surface area contributed by atoms with Gasteiger partial charge in [-0.25, -0.2) is 9.78 Å². The SMILES string of the molecule is CC(C)(C)OC(=O)N1C[C@H](O)[C@@H](O)[C@H]1Cc1ccc(Oc2cncs2)cc1. The van der Waals surface area contributed by atoms with Crippen LogP contribution in [0.3, 0.4) is 0 Å². The van der Waals surface area contributed by atoms with Gasteiger partial charge in [0.1, 0.15) is 17.5 Å². The van der Waals surface area contributed by atoms with E-state index in [1.807, 2.05) is 24.3 Å². The van der Waals surface area contributed by atoms with E-state index >= 15 is 0 Å². The first kappa shape index (κ1) is 19.6. The molecule has 2 aromatic rings. The molecule has 1 fully saturated rings. The Kier molecular flexibility index (Phi) is 5.69. The zero-order chi connectivity index (χ0) is 19.6. The Hall–Kier alpha value is -2.16. The van der Waals surface area contributed by atoms with Gasteiger partial charge >= 0.3 is 6.09 Å². The summed E-state index contributed by atoms with van der Waals surface area (Å²) in [5.74, 6) is 0.680. The van der Waals surface area contributed by atoms with Gasteiger partial charge in [-0.1, -0.05) is 23.5 Å².